The van der Waals surface area contributed by atoms with Gasteiger partial charge in [-0.25, -0.2) is 4.98 Å². The maximum Gasteiger partial charge on any atom is 0.272 e. The summed E-state index contributed by atoms with van der Waals surface area (Å²) in [5.74, 6) is 0.718. The Morgan fingerprint density at radius 3 is 2.59 bits per heavy atom. The number of aryl methyl sites for hydroxylation is 1. The van der Waals surface area contributed by atoms with E-state index in [9.17, 15) is 9.59 Å². The van der Waals surface area contributed by atoms with Crippen molar-refractivity contribution in [3.63, 3.8) is 0 Å². The summed E-state index contributed by atoms with van der Waals surface area (Å²) in [6.07, 6.45) is 3.55. The summed E-state index contributed by atoms with van der Waals surface area (Å²) in [6, 6.07) is 12.2. The summed E-state index contributed by atoms with van der Waals surface area (Å²) in [7, 11) is 1.65. The first-order valence-corrected chi connectivity index (χ1v) is 13.5. The third-order valence-corrected chi connectivity index (χ3v) is 7.96. The Kier molecular flexibility index (Phi) is 7.77. The molecular formula is C27H28Cl3N5O2. The van der Waals surface area contributed by atoms with Gasteiger partial charge < -0.3 is 9.88 Å². The van der Waals surface area contributed by atoms with E-state index in [0.717, 1.165) is 43.6 Å². The Morgan fingerprint density at radius 1 is 1.08 bits per heavy atom. The van der Waals surface area contributed by atoms with Crippen molar-refractivity contribution in [2.75, 3.05) is 25.0 Å². The molecule has 3 heterocycles. The number of anilines is 1. The smallest absolute Gasteiger partial charge is 0.272 e. The number of imidazole rings is 1. The predicted molar refractivity (Wildman–Crippen MR) is 147 cm³/mol. The van der Waals surface area contributed by atoms with Crippen LogP contribution in [0.25, 0.3) is 0 Å². The van der Waals surface area contributed by atoms with Crippen LogP contribution in [0.3, 0.4) is 0 Å². The van der Waals surface area contributed by atoms with Gasteiger partial charge in [-0.05, 0) is 49.6 Å². The van der Waals surface area contributed by atoms with Crippen molar-refractivity contribution < 1.29 is 9.59 Å². The molecule has 37 heavy (non-hydrogen) atoms. The second-order valence-electron chi connectivity index (χ2n) is 9.58. The third kappa shape index (κ3) is 5.50. The van der Waals surface area contributed by atoms with Gasteiger partial charge >= 0.3 is 0 Å². The molecule has 2 aromatic carbocycles. The fourth-order valence-corrected chi connectivity index (χ4v) is 5.80. The van der Waals surface area contributed by atoms with Crippen molar-refractivity contribution in [1.29, 1.82) is 0 Å². The van der Waals surface area contributed by atoms with Crippen molar-refractivity contribution in [3.05, 3.63) is 80.2 Å². The molecule has 1 aromatic heterocycles. The number of amides is 2. The first-order valence-electron chi connectivity index (χ1n) is 12.4. The zero-order valence-electron chi connectivity index (χ0n) is 20.5. The lowest BCUT2D eigenvalue weighted by Crippen LogP contribution is -2.39. The number of hydrogen-bond acceptors (Lipinski definition) is 4. The second kappa shape index (κ2) is 11.0. The molecule has 194 valence electrons. The zero-order valence-corrected chi connectivity index (χ0v) is 22.8. The summed E-state index contributed by atoms with van der Waals surface area (Å²) < 4.78 is 1.96. The third-order valence-electron chi connectivity index (χ3n) is 7.02. The highest BCUT2D eigenvalue weighted by Gasteiger charge is 2.32. The van der Waals surface area contributed by atoms with Crippen molar-refractivity contribution in [2.45, 2.75) is 44.8 Å². The average Bonchev–Trinajstić information content (AvgIpc) is 3.49. The summed E-state index contributed by atoms with van der Waals surface area (Å²) in [5, 5.41) is 4.95. The van der Waals surface area contributed by atoms with Crippen LogP contribution in [0.5, 0.6) is 0 Å². The van der Waals surface area contributed by atoms with E-state index in [2.05, 4.69) is 10.2 Å². The Labute approximate surface area is 231 Å². The van der Waals surface area contributed by atoms with Gasteiger partial charge in [-0.3, -0.25) is 19.4 Å². The first kappa shape index (κ1) is 26.0. The number of hydrogen-bond donors (Lipinski definition) is 1. The predicted octanol–water partition coefficient (Wildman–Crippen LogP) is 5.46. The molecule has 1 saturated heterocycles. The summed E-state index contributed by atoms with van der Waals surface area (Å²) in [5.41, 5.74) is 1.77. The maximum atomic E-state index is 13.7. The van der Waals surface area contributed by atoms with E-state index in [1.165, 1.54) is 4.90 Å². The Hall–Kier alpha value is -2.58. The van der Waals surface area contributed by atoms with Gasteiger partial charge in [0.15, 0.2) is 11.5 Å². The van der Waals surface area contributed by atoms with Crippen LogP contribution in [0.4, 0.5) is 5.82 Å². The van der Waals surface area contributed by atoms with E-state index in [0.29, 0.717) is 51.8 Å². The molecule has 0 radical (unpaired) electrons. The quantitative estimate of drug-likeness (QED) is 0.435. The number of fused-ring (bicyclic) bond motifs is 1. The molecule has 7 nitrogen and oxygen atoms in total. The average molecular weight is 561 g/mol. The van der Waals surface area contributed by atoms with Crippen LogP contribution in [0, 0.1) is 0 Å². The molecule has 5 rings (SSSR count). The van der Waals surface area contributed by atoms with Crippen molar-refractivity contribution in [2.24, 2.45) is 0 Å². The van der Waals surface area contributed by atoms with Gasteiger partial charge in [0.25, 0.3) is 11.8 Å². The highest BCUT2D eigenvalue weighted by molar-refractivity contribution is 6.36. The lowest BCUT2D eigenvalue weighted by Gasteiger charge is -2.21. The summed E-state index contributed by atoms with van der Waals surface area (Å²) in [4.78, 5) is 35.3. The zero-order chi connectivity index (χ0) is 26.1. The Balaban J connectivity index is 1.34. The monoisotopic (exact) mass is 559 g/mol. The van der Waals surface area contributed by atoms with E-state index >= 15 is 0 Å². The van der Waals surface area contributed by atoms with Crippen LogP contribution in [-0.2, 0) is 19.5 Å². The number of benzene rings is 2. The molecule has 0 aliphatic carbocycles. The molecule has 1 N–H and O–H groups in total. The number of halogens is 3. The van der Waals surface area contributed by atoms with Crippen LogP contribution >= 0.6 is 34.8 Å². The Morgan fingerprint density at radius 2 is 1.84 bits per heavy atom. The number of nitrogens with zero attached hydrogens (tertiary/aromatic N) is 4. The van der Waals surface area contributed by atoms with Gasteiger partial charge in [-0.15, -0.1) is 0 Å². The van der Waals surface area contributed by atoms with Gasteiger partial charge in [0.05, 0.1) is 0 Å². The summed E-state index contributed by atoms with van der Waals surface area (Å²) in [6.45, 7) is 2.82. The van der Waals surface area contributed by atoms with Gasteiger partial charge in [-0.1, -0.05) is 46.9 Å². The molecule has 0 spiro atoms. The van der Waals surface area contributed by atoms with Crippen LogP contribution in [-0.4, -0.2) is 52.4 Å². The Bertz CT molecular complexity index is 1320. The molecule has 2 aliphatic heterocycles. The minimum absolute atomic E-state index is 0.0368. The molecule has 1 unspecified atom stereocenters. The molecular weight excluding hydrogens is 533 g/mol. The van der Waals surface area contributed by atoms with Gasteiger partial charge in [-0.2, -0.15) is 0 Å². The standard InChI is InChI=1S/C27H28Cl3N5O2/c1-33(27(37)17-6-4-7-18(28)14-17)25-24(35-12-3-2-10-23(35)32-25)26(36)31-19-11-13-34(15-19)16-20-21(29)8-5-9-22(20)30/h4-9,14,19H,2-3,10-13,15-16H2,1H3,(H,31,36). The van der Waals surface area contributed by atoms with Crippen molar-refractivity contribution in [3.8, 4) is 0 Å². The highest BCUT2D eigenvalue weighted by atomic mass is 35.5. The molecule has 0 bridgehead atoms. The van der Waals surface area contributed by atoms with Crippen LogP contribution in [0.15, 0.2) is 42.5 Å². The largest absolute Gasteiger partial charge is 0.347 e. The minimum atomic E-state index is -0.268. The van der Waals surface area contributed by atoms with E-state index in [-0.39, 0.29) is 17.9 Å². The fourth-order valence-electron chi connectivity index (χ4n) is 5.09. The number of aromatic nitrogens is 2. The van der Waals surface area contributed by atoms with Gasteiger partial charge in [0.2, 0.25) is 0 Å². The van der Waals surface area contributed by atoms with E-state index in [1.807, 2.05) is 22.8 Å². The highest BCUT2D eigenvalue weighted by Crippen LogP contribution is 2.29. The van der Waals surface area contributed by atoms with Crippen LogP contribution < -0.4 is 10.2 Å². The normalized spacial score (nSPS) is 17.5. The number of likely N-dealkylation sites (tertiary alicyclic amines) is 1. The summed E-state index contributed by atoms with van der Waals surface area (Å²) >= 11 is 18.8. The lowest BCUT2D eigenvalue weighted by molar-refractivity contribution is 0.0927. The number of carbonyl (C=O) groups is 2. The van der Waals surface area contributed by atoms with E-state index < -0.39 is 0 Å². The van der Waals surface area contributed by atoms with Crippen molar-refractivity contribution in [1.82, 2.24) is 19.8 Å². The number of carbonyl (C=O) groups excluding carboxylic acids is 2. The molecule has 2 amide bonds. The van der Waals surface area contributed by atoms with Gasteiger partial charge in [0, 0.05) is 71.9 Å². The number of rotatable bonds is 6. The molecule has 0 saturated carbocycles. The van der Waals surface area contributed by atoms with E-state index in [4.69, 9.17) is 39.8 Å². The topological polar surface area (TPSA) is 70.5 Å². The minimum Gasteiger partial charge on any atom is -0.347 e. The molecule has 3 aromatic rings. The van der Waals surface area contributed by atoms with Gasteiger partial charge in [0.1, 0.15) is 5.82 Å². The lowest BCUT2D eigenvalue weighted by atomic mass is 10.1. The van der Waals surface area contributed by atoms with E-state index in [1.54, 1.807) is 31.3 Å². The SMILES string of the molecule is CN(C(=O)c1cccc(Cl)c1)c1nc2n(c1C(=O)NC1CCN(Cc3c(Cl)cccc3Cl)C1)CCCC2. The van der Waals surface area contributed by atoms with Crippen LogP contribution in [0.2, 0.25) is 15.1 Å². The fraction of sp³-hybridized carbons (Fsp3) is 0.370. The molecule has 1 fully saturated rings. The van der Waals surface area contributed by atoms with Crippen LogP contribution in [0.1, 0.15) is 51.5 Å². The molecule has 10 heteroatoms. The molecule has 1 atom stereocenters. The first-order chi connectivity index (χ1) is 17.8. The second-order valence-corrected chi connectivity index (χ2v) is 10.8. The number of nitrogens with one attached hydrogen (secondary N) is 1. The maximum absolute atomic E-state index is 13.7. The van der Waals surface area contributed by atoms with Crippen molar-refractivity contribution >= 4 is 52.4 Å². The molecule has 2 aliphatic rings.